The molecule has 1 aliphatic heterocycles. The fourth-order valence-corrected chi connectivity index (χ4v) is 2.61. The van der Waals surface area contributed by atoms with Gasteiger partial charge in [0.1, 0.15) is 5.75 Å². The van der Waals surface area contributed by atoms with Crippen molar-refractivity contribution in [1.82, 2.24) is 0 Å². The zero-order chi connectivity index (χ0) is 16.4. The van der Waals surface area contributed by atoms with Gasteiger partial charge >= 0.3 is 5.97 Å². The molecule has 0 spiro atoms. The van der Waals surface area contributed by atoms with Gasteiger partial charge in [-0.25, -0.2) is 4.79 Å². The Hall–Kier alpha value is -2.82. The predicted octanol–water partition coefficient (Wildman–Crippen LogP) is 2.88. The van der Waals surface area contributed by atoms with Crippen LogP contribution in [0.5, 0.6) is 5.75 Å². The Morgan fingerprint density at radius 2 is 1.96 bits per heavy atom. The van der Waals surface area contributed by atoms with Crippen LogP contribution in [0.2, 0.25) is 0 Å². The molecule has 23 heavy (non-hydrogen) atoms. The zero-order valence-electron chi connectivity index (χ0n) is 12.7. The van der Waals surface area contributed by atoms with Crippen LogP contribution < -0.4 is 9.64 Å². The van der Waals surface area contributed by atoms with Crippen LogP contribution in [0.4, 0.5) is 5.69 Å². The summed E-state index contributed by atoms with van der Waals surface area (Å²) in [7, 11) is 0. The van der Waals surface area contributed by atoms with E-state index in [0.29, 0.717) is 24.4 Å². The average molecular weight is 311 g/mol. The Morgan fingerprint density at radius 1 is 1.22 bits per heavy atom. The molecule has 0 saturated carbocycles. The van der Waals surface area contributed by atoms with E-state index in [4.69, 9.17) is 9.84 Å². The van der Waals surface area contributed by atoms with Crippen LogP contribution >= 0.6 is 0 Å². The molecule has 0 radical (unpaired) electrons. The lowest BCUT2D eigenvalue weighted by Gasteiger charge is -2.17. The lowest BCUT2D eigenvalue weighted by Crippen LogP contribution is -2.32. The quantitative estimate of drug-likeness (QED) is 0.943. The summed E-state index contributed by atoms with van der Waals surface area (Å²) >= 11 is 0. The topological polar surface area (TPSA) is 66.8 Å². The Morgan fingerprint density at radius 3 is 2.65 bits per heavy atom. The van der Waals surface area contributed by atoms with Gasteiger partial charge in [-0.3, -0.25) is 4.79 Å². The maximum atomic E-state index is 12.5. The number of carboxylic acid groups (broad SMARTS) is 1. The van der Waals surface area contributed by atoms with E-state index in [0.717, 1.165) is 5.56 Å². The van der Waals surface area contributed by atoms with Crippen LogP contribution in [0.15, 0.2) is 48.5 Å². The normalized spacial score (nSPS) is 17.3. The number of carboxylic acids is 1. The first-order chi connectivity index (χ1) is 11.0. The van der Waals surface area contributed by atoms with Gasteiger partial charge in [-0.15, -0.1) is 0 Å². The number of carbonyl (C=O) groups is 2. The van der Waals surface area contributed by atoms with E-state index in [-0.39, 0.29) is 11.5 Å². The first-order valence-electron chi connectivity index (χ1n) is 7.42. The molecule has 118 valence electrons. The van der Waals surface area contributed by atoms with Crippen LogP contribution in [0, 0.1) is 6.92 Å². The highest BCUT2D eigenvalue weighted by molar-refractivity contribution is 6.00. The first kappa shape index (κ1) is 15.1. The van der Waals surface area contributed by atoms with Gasteiger partial charge in [0.05, 0.1) is 5.56 Å². The van der Waals surface area contributed by atoms with Crippen LogP contribution in [0.1, 0.15) is 22.3 Å². The maximum absolute atomic E-state index is 12.5. The van der Waals surface area contributed by atoms with Crippen molar-refractivity contribution in [2.24, 2.45) is 0 Å². The minimum Gasteiger partial charge on any atom is -0.481 e. The number of ether oxygens (including phenoxy) is 1. The number of aromatic carboxylic acids is 1. The summed E-state index contributed by atoms with van der Waals surface area (Å²) in [5.41, 5.74) is 1.88. The van der Waals surface area contributed by atoms with Gasteiger partial charge < -0.3 is 14.7 Å². The van der Waals surface area contributed by atoms with Crippen molar-refractivity contribution in [2.75, 3.05) is 11.4 Å². The number of carbonyl (C=O) groups excluding carboxylic acids is 1. The molecule has 0 aliphatic carbocycles. The van der Waals surface area contributed by atoms with Gasteiger partial charge in [0.2, 0.25) is 0 Å². The molecule has 5 nitrogen and oxygen atoms in total. The fraction of sp³-hybridized carbons (Fsp3) is 0.222. The Bertz CT molecular complexity index is 739. The lowest BCUT2D eigenvalue weighted by atomic mass is 10.2. The van der Waals surface area contributed by atoms with Crippen LogP contribution in [0.25, 0.3) is 0 Å². The van der Waals surface area contributed by atoms with Crippen molar-refractivity contribution in [2.45, 2.75) is 19.4 Å². The molecule has 3 rings (SSSR count). The van der Waals surface area contributed by atoms with Crippen molar-refractivity contribution in [3.8, 4) is 5.75 Å². The molecule has 0 bridgehead atoms. The van der Waals surface area contributed by atoms with E-state index in [2.05, 4.69) is 0 Å². The van der Waals surface area contributed by atoms with Crippen molar-refractivity contribution < 1.29 is 19.4 Å². The van der Waals surface area contributed by atoms with Crippen LogP contribution in [-0.2, 0) is 4.79 Å². The third kappa shape index (κ3) is 3.18. The van der Waals surface area contributed by atoms with Gasteiger partial charge in [0.25, 0.3) is 5.91 Å². The SMILES string of the molecule is Cc1ccc(OC2CCN(c3cccc(C(=O)O)c3)C2=O)cc1. The second-order valence-electron chi connectivity index (χ2n) is 5.55. The number of benzene rings is 2. The minimum absolute atomic E-state index is 0.145. The summed E-state index contributed by atoms with van der Waals surface area (Å²) in [6.07, 6.45) is 0.0375. The van der Waals surface area contributed by atoms with Crippen molar-refractivity contribution in [1.29, 1.82) is 0 Å². The van der Waals surface area contributed by atoms with E-state index in [9.17, 15) is 9.59 Å². The minimum atomic E-state index is -1.01. The molecular weight excluding hydrogens is 294 g/mol. The monoisotopic (exact) mass is 311 g/mol. The number of amides is 1. The zero-order valence-corrected chi connectivity index (χ0v) is 12.7. The third-order valence-electron chi connectivity index (χ3n) is 3.86. The van der Waals surface area contributed by atoms with Crippen LogP contribution in [-0.4, -0.2) is 29.6 Å². The van der Waals surface area contributed by atoms with Gasteiger partial charge in [-0.05, 0) is 37.3 Å². The van der Waals surface area contributed by atoms with Gasteiger partial charge in [-0.2, -0.15) is 0 Å². The van der Waals surface area contributed by atoms with E-state index in [1.54, 1.807) is 17.0 Å². The number of hydrogen-bond donors (Lipinski definition) is 1. The summed E-state index contributed by atoms with van der Waals surface area (Å²) in [4.78, 5) is 25.1. The summed E-state index contributed by atoms with van der Waals surface area (Å²) < 4.78 is 5.76. The number of hydrogen-bond acceptors (Lipinski definition) is 3. The number of anilines is 1. The van der Waals surface area contributed by atoms with E-state index in [1.165, 1.54) is 12.1 Å². The molecule has 1 unspecified atom stereocenters. The molecule has 1 atom stereocenters. The fourth-order valence-electron chi connectivity index (χ4n) is 2.61. The predicted molar refractivity (Wildman–Crippen MR) is 86.0 cm³/mol. The van der Waals surface area contributed by atoms with Gasteiger partial charge in [0.15, 0.2) is 6.10 Å². The van der Waals surface area contributed by atoms with Crippen molar-refractivity contribution in [3.05, 3.63) is 59.7 Å². The second-order valence-corrected chi connectivity index (χ2v) is 5.55. The highest BCUT2D eigenvalue weighted by atomic mass is 16.5. The second kappa shape index (κ2) is 6.12. The number of nitrogens with zero attached hydrogens (tertiary/aromatic N) is 1. The molecule has 1 amide bonds. The molecule has 1 saturated heterocycles. The standard InChI is InChI=1S/C18H17NO4/c1-12-5-7-15(8-6-12)23-16-9-10-19(17(16)20)14-4-2-3-13(11-14)18(21)22/h2-8,11,16H,9-10H2,1H3,(H,21,22). The smallest absolute Gasteiger partial charge is 0.335 e. The molecular formula is C18H17NO4. The highest BCUT2D eigenvalue weighted by Crippen LogP contribution is 2.25. The molecule has 1 heterocycles. The van der Waals surface area contributed by atoms with E-state index in [1.807, 2.05) is 31.2 Å². The summed E-state index contributed by atoms with van der Waals surface area (Å²) in [6, 6.07) is 13.9. The Labute approximate surface area is 134 Å². The number of aryl methyl sites for hydroxylation is 1. The maximum Gasteiger partial charge on any atom is 0.335 e. The average Bonchev–Trinajstić information content (AvgIpc) is 2.91. The molecule has 2 aromatic carbocycles. The molecule has 5 heteroatoms. The van der Waals surface area contributed by atoms with E-state index >= 15 is 0 Å². The summed E-state index contributed by atoms with van der Waals surface area (Å²) in [6.45, 7) is 2.50. The van der Waals surface area contributed by atoms with E-state index < -0.39 is 12.1 Å². The van der Waals surface area contributed by atoms with Crippen molar-refractivity contribution >= 4 is 17.6 Å². The Kier molecular flexibility index (Phi) is 4.02. The Balaban J connectivity index is 1.75. The lowest BCUT2D eigenvalue weighted by molar-refractivity contribution is -0.122. The largest absolute Gasteiger partial charge is 0.481 e. The molecule has 0 aromatic heterocycles. The number of rotatable bonds is 4. The van der Waals surface area contributed by atoms with Crippen LogP contribution in [0.3, 0.4) is 0 Å². The molecule has 1 aliphatic rings. The van der Waals surface area contributed by atoms with Gasteiger partial charge in [0, 0.05) is 18.7 Å². The highest BCUT2D eigenvalue weighted by Gasteiger charge is 2.34. The molecule has 1 N–H and O–H groups in total. The first-order valence-corrected chi connectivity index (χ1v) is 7.42. The van der Waals surface area contributed by atoms with Gasteiger partial charge in [-0.1, -0.05) is 23.8 Å². The van der Waals surface area contributed by atoms with Crippen molar-refractivity contribution in [3.63, 3.8) is 0 Å². The molecule has 2 aromatic rings. The summed E-state index contributed by atoms with van der Waals surface area (Å²) in [5.74, 6) is -0.492. The summed E-state index contributed by atoms with van der Waals surface area (Å²) in [5, 5.41) is 9.06. The molecule has 1 fully saturated rings. The third-order valence-corrected chi connectivity index (χ3v) is 3.86.